The molecule has 25 heavy (non-hydrogen) atoms. The Morgan fingerprint density at radius 2 is 1.96 bits per heavy atom. The van der Waals surface area contributed by atoms with Crippen LogP contribution < -0.4 is 10.1 Å². The average molecular weight is 381 g/mol. The van der Waals surface area contributed by atoms with Gasteiger partial charge in [0.15, 0.2) is 0 Å². The normalized spacial score (nSPS) is 16.2. The van der Waals surface area contributed by atoms with Crippen LogP contribution in [0.2, 0.25) is 5.02 Å². The first kappa shape index (κ1) is 19.6. The van der Waals surface area contributed by atoms with Crippen LogP contribution in [0.4, 0.5) is 0 Å². The molecule has 1 atom stereocenters. The Balaban J connectivity index is 0.00000225. The second-order valence-electron chi connectivity index (χ2n) is 5.97. The first-order valence-corrected chi connectivity index (χ1v) is 8.47. The monoisotopic (exact) mass is 380 g/mol. The smallest absolute Gasteiger partial charge is 0.257 e. The van der Waals surface area contributed by atoms with Crippen LogP contribution in [0.25, 0.3) is 0 Å². The number of halogens is 2. The van der Waals surface area contributed by atoms with Gasteiger partial charge in [-0.1, -0.05) is 35.9 Å². The van der Waals surface area contributed by atoms with Crippen LogP contribution in [-0.2, 0) is 6.61 Å². The summed E-state index contributed by atoms with van der Waals surface area (Å²) in [7, 11) is 1.86. The molecule has 0 aromatic heterocycles. The molecule has 0 saturated carbocycles. The first-order valence-electron chi connectivity index (χ1n) is 8.09. The molecular formula is C19H22Cl2N2O2. The van der Waals surface area contributed by atoms with Crippen molar-refractivity contribution in [2.45, 2.75) is 19.1 Å². The summed E-state index contributed by atoms with van der Waals surface area (Å²) in [5.74, 6) is 0.602. The maximum atomic E-state index is 12.8. The van der Waals surface area contributed by atoms with Crippen LogP contribution in [0.5, 0.6) is 5.75 Å². The SMILES string of the molecule is CN(C(=O)c1ccccc1OCc1ccc(Cl)cc1)C1CCNC1.Cl. The van der Waals surface area contributed by atoms with Gasteiger partial charge in [0.1, 0.15) is 12.4 Å². The molecule has 0 aliphatic carbocycles. The Bertz CT molecular complexity index is 701. The number of carbonyl (C=O) groups is 1. The number of para-hydroxylation sites is 1. The highest BCUT2D eigenvalue weighted by molar-refractivity contribution is 6.30. The summed E-state index contributed by atoms with van der Waals surface area (Å²) in [4.78, 5) is 14.6. The van der Waals surface area contributed by atoms with E-state index in [2.05, 4.69) is 5.32 Å². The maximum Gasteiger partial charge on any atom is 0.257 e. The molecule has 1 unspecified atom stereocenters. The third-order valence-corrected chi connectivity index (χ3v) is 4.58. The van der Waals surface area contributed by atoms with E-state index in [9.17, 15) is 4.79 Å². The Morgan fingerprint density at radius 3 is 2.64 bits per heavy atom. The number of ether oxygens (including phenoxy) is 1. The molecule has 1 N–H and O–H groups in total. The number of rotatable bonds is 5. The van der Waals surface area contributed by atoms with Crippen molar-refractivity contribution in [3.63, 3.8) is 0 Å². The Hall–Kier alpha value is -1.75. The standard InChI is InChI=1S/C19H21ClN2O2.ClH/c1-22(16-10-11-21-12-16)19(23)17-4-2-3-5-18(17)24-13-14-6-8-15(20)9-7-14;/h2-9,16,21H,10-13H2,1H3;1H. The van der Waals surface area contributed by atoms with Gasteiger partial charge in [0, 0.05) is 24.7 Å². The lowest BCUT2D eigenvalue weighted by Crippen LogP contribution is -2.38. The number of amides is 1. The van der Waals surface area contributed by atoms with E-state index in [0.29, 0.717) is 22.9 Å². The number of benzene rings is 2. The molecule has 0 bridgehead atoms. The molecule has 6 heteroatoms. The van der Waals surface area contributed by atoms with Gasteiger partial charge in [0.2, 0.25) is 0 Å². The number of nitrogens with zero attached hydrogens (tertiary/aromatic N) is 1. The summed E-state index contributed by atoms with van der Waals surface area (Å²) in [6, 6.07) is 15.1. The van der Waals surface area contributed by atoms with Crippen LogP contribution in [0.1, 0.15) is 22.3 Å². The van der Waals surface area contributed by atoms with Crippen molar-refractivity contribution in [2.24, 2.45) is 0 Å². The molecule has 134 valence electrons. The minimum atomic E-state index is -0.00425. The van der Waals surface area contributed by atoms with Gasteiger partial charge in [-0.05, 0) is 42.8 Å². The second-order valence-corrected chi connectivity index (χ2v) is 6.41. The van der Waals surface area contributed by atoms with Crippen LogP contribution >= 0.6 is 24.0 Å². The number of carbonyl (C=O) groups excluding carboxylic acids is 1. The molecule has 1 amide bonds. The van der Waals surface area contributed by atoms with Gasteiger partial charge < -0.3 is 15.0 Å². The highest BCUT2D eigenvalue weighted by Crippen LogP contribution is 2.23. The lowest BCUT2D eigenvalue weighted by molar-refractivity contribution is 0.0739. The third-order valence-electron chi connectivity index (χ3n) is 4.33. The van der Waals surface area contributed by atoms with E-state index in [1.54, 1.807) is 0 Å². The topological polar surface area (TPSA) is 41.6 Å². The Kier molecular flexibility index (Phi) is 7.12. The molecule has 4 nitrogen and oxygen atoms in total. The molecule has 2 aromatic rings. The van der Waals surface area contributed by atoms with Gasteiger partial charge >= 0.3 is 0 Å². The summed E-state index contributed by atoms with van der Waals surface area (Å²) < 4.78 is 5.89. The van der Waals surface area contributed by atoms with E-state index in [-0.39, 0.29) is 24.4 Å². The number of nitrogens with one attached hydrogen (secondary N) is 1. The predicted octanol–water partition coefficient (Wildman–Crippen LogP) is 3.77. The number of hydrogen-bond acceptors (Lipinski definition) is 3. The van der Waals surface area contributed by atoms with Crippen molar-refractivity contribution >= 4 is 29.9 Å². The van der Waals surface area contributed by atoms with Crippen LogP contribution in [0, 0.1) is 0 Å². The van der Waals surface area contributed by atoms with Gasteiger partial charge in [-0.3, -0.25) is 4.79 Å². The molecule has 1 heterocycles. The van der Waals surface area contributed by atoms with Gasteiger partial charge in [0.25, 0.3) is 5.91 Å². The van der Waals surface area contributed by atoms with E-state index in [4.69, 9.17) is 16.3 Å². The van der Waals surface area contributed by atoms with Gasteiger partial charge in [0.05, 0.1) is 5.56 Å². The predicted molar refractivity (Wildman–Crippen MR) is 103 cm³/mol. The molecule has 0 spiro atoms. The molecular weight excluding hydrogens is 359 g/mol. The van der Waals surface area contributed by atoms with Crippen molar-refractivity contribution in [3.05, 3.63) is 64.7 Å². The average Bonchev–Trinajstić information content (AvgIpc) is 3.15. The van der Waals surface area contributed by atoms with Crippen molar-refractivity contribution in [3.8, 4) is 5.75 Å². The fourth-order valence-electron chi connectivity index (χ4n) is 2.84. The number of hydrogen-bond donors (Lipinski definition) is 1. The summed E-state index contributed by atoms with van der Waals surface area (Å²) in [6.07, 6.45) is 0.982. The zero-order chi connectivity index (χ0) is 16.9. The summed E-state index contributed by atoms with van der Waals surface area (Å²) in [5.41, 5.74) is 1.61. The lowest BCUT2D eigenvalue weighted by atomic mass is 10.1. The summed E-state index contributed by atoms with van der Waals surface area (Å²) in [6.45, 7) is 2.20. The lowest BCUT2D eigenvalue weighted by Gasteiger charge is -2.24. The minimum Gasteiger partial charge on any atom is -0.488 e. The highest BCUT2D eigenvalue weighted by atomic mass is 35.5. The van der Waals surface area contributed by atoms with Gasteiger partial charge in [-0.2, -0.15) is 0 Å². The van der Waals surface area contributed by atoms with Crippen LogP contribution in [0.3, 0.4) is 0 Å². The fourth-order valence-corrected chi connectivity index (χ4v) is 2.96. The molecule has 1 aliphatic heterocycles. The minimum absolute atomic E-state index is 0. The molecule has 3 rings (SSSR count). The number of likely N-dealkylation sites (N-methyl/N-ethyl adjacent to an activating group) is 1. The van der Waals surface area contributed by atoms with Crippen LogP contribution in [-0.4, -0.2) is 37.0 Å². The van der Waals surface area contributed by atoms with Crippen LogP contribution in [0.15, 0.2) is 48.5 Å². The largest absolute Gasteiger partial charge is 0.488 e. The molecule has 1 aliphatic rings. The van der Waals surface area contributed by atoms with Gasteiger partial charge in [-0.15, -0.1) is 12.4 Å². The van der Waals surface area contributed by atoms with Crippen molar-refractivity contribution in [1.29, 1.82) is 0 Å². The summed E-state index contributed by atoms with van der Waals surface area (Å²) in [5, 5.41) is 3.98. The van der Waals surface area contributed by atoms with Gasteiger partial charge in [-0.25, -0.2) is 0 Å². The molecule has 1 fully saturated rings. The zero-order valence-electron chi connectivity index (χ0n) is 14.1. The maximum absolute atomic E-state index is 12.8. The second kappa shape index (κ2) is 9.09. The highest BCUT2D eigenvalue weighted by Gasteiger charge is 2.25. The molecule has 2 aromatic carbocycles. The third kappa shape index (κ3) is 4.88. The molecule has 1 saturated heterocycles. The van der Waals surface area contributed by atoms with Crippen molar-refractivity contribution < 1.29 is 9.53 Å². The quantitative estimate of drug-likeness (QED) is 0.857. The molecule has 0 radical (unpaired) electrons. The summed E-state index contributed by atoms with van der Waals surface area (Å²) >= 11 is 5.90. The first-order chi connectivity index (χ1) is 11.6. The van der Waals surface area contributed by atoms with E-state index in [1.165, 1.54) is 0 Å². The fraction of sp³-hybridized carbons (Fsp3) is 0.316. The van der Waals surface area contributed by atoms with Crippen molar-refractivity contribution in [1.82, 2.24) is 10.2 Å². The Morgan fingerprint density at radius 1 is 1.24 bits per heavy atom. The zero-order valence-corrected chi connectivity index (χ0v) is 15.6. The van der Waals surface area contributed by atoms with E-state index >= 15 is 0 Å². The van der Waals surface area contributed by atoms with Crippen molar-refractivity contribution in [2.75, 3.05) is 20.1 Å². The van der Waals surface area contributed by atoms with E-state index in [0.717, 1.165) is 25.1 Å². The van der Waals surface area contributed by atoms with E-state index in [1.807, 2.05) is 60.5 Å². The van der Waals surface area contributed by atoms with E-state index < -0.39 is 0 Å². The Labute approximate surface area is 159 Å².